The molecule has 2 saturated carbocycles. The van der Waals surface area contributed by atoms with Gasteiger partial charge in [-0.1, -0.05) is 50.7 Å². The number of hydrogen-bond acceptors (Lipinski definition) is 4. The Morgan fingerprint density at radius 2 is 1.27 bits per heavy atom. The lowest BCUT2D eigenvalue weighted by atomic mass is 9.92. The van der Waals surface area contributed by atoms with Crippen molar-refractivity contribution in [2.75, 3.05) is 13.5 Å². The Hall–Kier alpha value is -1.78. The van der Waals surface area contributed by atoms with E-state index < -0.39 is 0 Å². The van der Waals surface area contributed by atoms with Crippen molar-refractivity contribution in [1.82, 2.24) is 9.80 Å². The van der Waals surface area contributed by atoms with Crippen molar-refractivity contribution in [3.63, 3.8) is 0 Å². The molecule has 0 radical (unpaired) electrons. The van der Waals surface area contributed by atoms with E-state index in [4.69, 9.17) is 9.47 Å². The van der Waals surface area contributed by atoms with E-state index in [2.05, 4.69) is 34.1 Å². The highest BCUT2D eigenvalue weighted by Crippen LogP contribution is 2.41. The molecule has 2 aromatic rings. The number of fused-ring (bicyclic) bond motifs is 5. The van der Waals surface area contributed by atoms with Gasteiger partial charge in [-0.05, 0) is 43.2 Å². The number of nitrogens with zero attached hydrogens (tertiary/aromatic N) is 2. The largest absolute Gasteiger partial charge is 0.478 e. The van der Waals surface area contributed by atoms with Gasteiger partial charge in [0, 0.05) is 41.7 Å². The van der Waals surface area contributed by atoms with Gasteiger partial charge in [0.1, 0.15) is 25.0 Å². The molecule has 0 saturated heterocycles. The average molecular weight is 407 g/mol. The summed E-state index contributed by atoms with van der Waals surface area (Å²) >= 11 is 0. The van der Waals surface area contributed by atoms with E-state index in [1.54, 1.807) is 0 Å². The first-order valence-corrected chi connectivity index (χ1v) is 12.2. The Labute approximate surface area is 180 Å². The third-order valence-electron chi connectivity index (χ3n) is 7.98. The van der Waals surface area contributed by atoms with Gasteiger partial charge in [0.05, 0.1) is 0 Å². The fraction of sp³-hybridized carbons (Fsp3) is 0.615. The molecule has 4 nitrogen and oxygen atoms in total. The highest BCUT2D eigenvalue weighted by atomic mass is 16.5. The van der Waals surface area contributed by atoms with Crippen molar-refractivity contribution in [3.05, 3.63) is 35.4 Å². The summed E-state index contributed by atoms with van der Waals surface area (Å²) in [5.41, 5.74) is 2.70. The van der Waals surface area contributed by atoms with E-state index in [9.17, 15) is 0 Å². The third-order valence-corrected chi connectivity index (χ3v) is 7.98. The van der Waals surface area contributed by atoms with Crippen LogP contribution in [0.5, 0.6) is 11.5 Å². The van der Waals surface area contributed by atoms with Crippen molar-refractivity contribution >= 4 is 10.8 Å². The van der Waals surface area contributed by atoms with Crippen LogP contribution in [0.1, 0.15) is 75.3 Å². The zero-order valence-electron chi connectivity index (χ0n) is 18.1. The van der Waals surface area contributed by atoms with Gasteiger partial charge in [-0.25, -0.2) is 0 Å². The van der Waals surface area contributed by atoms with Crippen LogP contribution in [0.3, 0.4) is 0 Å². The summed E-state index contributed by atoms with van der Waals surface area (Å²) in [5, 5.41) is 2.58. The number of rotatable bonds is 2. The molecule has 0 bridgehead atoms. The first-order valence-electron chi connectivity index (χ1n) is 12.2. The minimum absolute atomic E-state index is 0.681. The maximum atomic E-state index is 6.41. The highest BCUT2D eigenvalue weighted by molar-refractivity contribution is 5.94. The monoisotopic (exact) mass is 406 g/mol. The molecule has 0 aromatic heterocycles. The minimum atomic E-state index is 0.681. The van der Waals surface area contributed by atoms with Gasteiger partial charge in [-0.3, -0.25) is 9.80 Å². The Bertz CT molecular complexity index is 915. The van der Waals surface area contributed by atoms with Gasteiger partial charge in [-0.2, -0.15) is 0 Å². The molecule has 0 spiro atoms. The lowest BCUT2D eigenvalue weighted by molar-refractivity contribution is 0.0402. The van der Waals surface area contributed by atoms with E-state index in [1.807, 2.05) is 0 Å². The van der Waals surface area contributed by atoms with Crippen LogP contribution in [0, 0.1) is 0 Å². The molecule has 160 valence electrons. The quantitative estimate of drug-likeness (QED) is 0.628. The predicted octanol–water partition coefficient (Wildman–Crippen LogP) is 5.81. The number of ether oxygens (including phenoxy) is 2. The van der Waals surface area contributed by atoms with E-state index in [0.29, 0.717) is 12.1 Å². The Kier molecular flexibility index (Phi) is 5.08. The molecule has 2 fully saturated rings. The molecule has 2 heterocycles. The van der Waals surface area contributed by atoms with E-state index >= 15 is 0 Å². The van der Waals surface area contributed by atoms with Crippen LogP contribution in [0.2, 0.25) is 0 Å². The Morgan fingerprint density at radius 3 is 2.00 bits per heavy atom. The van der Waals surface area contributed by atoms with Crippen LogP contribution in [-0.4, -0.2) is 35.3 Å². The van der Waals surface area contributed by atoms with Gasteiger partial charge in [-0.15, -0.1) is 0 Å². The molecule has 0 unspecified atom stereocenters. The van der Waals surface area contributed by atoms with Gasteiger partial charge >= 0.3 is 0 Å². The maximum Gasteiger partial charge on any atom is 0.142 e. The summed E-state index contributed by atoms with van der Waals surface area (Å²) in [6.45, 7) is 3.50. The molecular weight excluding hydrogens is 372 g/mol. The molecule has 4 heteroatoms. The fourth-order valence-corrected chi connectivity index (χ4v) is 6.23. The molecule has 4 aliphatic rings. The summed E-state index contributed by atoms with van der Waals surface area (Å²) < 4.78 is 12.6. The first-order chi connectivity index (χ1) is 14.9. The van der Waals surface area contributed by atoms with Crippen molar-refractivity contribution in [2.45, 2.75) is 89.4 Å². The lowest BCUT2D eigenvalue weighted by Crippen LogP contribution is -2.41. The molecule has 0 amide bonds. The average Bonchev–Trinajstić information content (AvgIpc) is 2.84. The van der Waals surface area contributed by atoms with Crippen molar-refractivity contribution in [2.24, 2.45) is 0 Å². The maximum absolute atomic E-state index is 6.41. The predicted molar refractivity (Wildman–Crippen MR) is 120 cm³/mol. The lowest BCUT2D eigenvalue weighted by Gasteiger charge is -2.39. The Morgan fingerprint density at radius 1 is 0.633 bits per heavy atom. The van der Waals surface area contributed by atoms with Crippen LogP contribution in [0.15, 0.2) is 24.3 Å². The van der Waals surface area contributed by atoms with E-state index in [0.717, 1.165) is 38.1 Å². The fourth-order valence-electron chi connectivity index (χ4n) is 6.23. The van der Waals surface area contributed by atoms with E-state index in [1.165, 1.54) is 86.1 Å². The van der Waals surface area contributed by atoms with Gasteiger partial charge < -0.3 is 9.47 Å². The zero-order valence-corrected chi connectivity index (χ0v) is 18.1. The minimum Gasteiger partial charge on any atom is -0.478 e. The van der Waals surface area contributed by atoms with Crippen molar-refractivity contribution < 1.29 is 9.47 Å². The zero-order chi connectivity index (χ0) is 19.9. The molecule has 30 heavy (non-hydrogen) atoms. The summed E-state index contributed by atoms with van der Waals surface area (Å²) in [4.78, 5) is 5.12. The summed E-state index contributed by atoms with van der Waals surface area (Å²) in [5.74, 6) is 2.17. The smallest absolute Gasteiger partial charge is 0.142 e. The van der Waals surface area contributed by atoms with Gasteiger partial charge in [0.15, 0.2) is 0 Å². The van der Waals surface area contributed by atoms with E-state index in [-0.39, 0.29) is 0 Å². The summed E-state index contributed by atoms with van der Waals surface area (Å²) in [7, 11) is 0. The molecule has 2 aliphatic carbocycles. The second kappa shape index (κ2) is 8.05. The second-order valence-electron chi connectivity index (χ2n) is 9.82. The van der Waals surface area contributed by atoms with Crippen molar-refractivity contribution in [3.8, 4) is 11.5 Å². The van der Waals surface area contributed by atoms with Crippen LogP contribution < -0.4 is 9.47 Å². The normalized spacial score (nSPS) is 24.1. The molecule has 6 rings (SSSR count). The standard InChI is InChI=1S/C26H34N2O2/c1-3-7-20(8-4-1)27-15-19-11-12-22-23(26(19)30-18-27)13-14-25-24(22)16-28(17-29-25)21-9-5-2-6-10-21/h11-14,20-21H,1-10,15-18H2. The second-order valence-corrected chi connectivity index (χ2v) is 9.82. The van der Waals surface area contributed by atoms with Crippen molar-refractivity contribution in [1.29, 1.82) is 0 Å². The molecule has 0 atom stereocenters. The third kappa shape index (κ3) is 3.38. The Balaban J connectivity index is 1.29. The van der Waals surface area contributed by atoms with Crippen LogP contribution in [0.25, 0.3) is 10.8 Å². The first kappa shape index (κ1) is 18.9. The van der Waals surface area contributed by atoms with Crippen LogP contribution >= 0.6 is 0 Å². The number of benzene rings is 2. The molecular formula is C26H34N2O2. The van der Waals surface area contributed by atoms with Crippen LogP contribution in [0.4, 0.5) is 0 Å². The van der Waals surface area contributed by atoms with Gasteiger partial charge in [0.2, 0.25) is 0 Å². The van der Waals surface area contributed by atoms with Crippen LogP contribution in [-0.2, 0) is 13.1 Å². The molecule has 2 aromatic carbocycles. The molecule has 0 N–H and O–H groups in total. The molecule has 2 aliphatic heterocycles. The summed E-state index contributed by atoms with van der Waals surface area (Å²) in [6.07, 6.45) is 13.6. The SMILES string of the molecule is c1cc2c3c(ccc2c2c1CN(C1CCCCC1)CO2)OCN(C1CCCCC1)C3. The highest BCUT2D eigenvalue weighted by Gasteiger charge is 2.30. The topological polar surface area (TPSA) is 24.9 Å². The summed E-state index contributed by atoms with van der Waals surface area (Å²) in [6, 6.07) is 10.4. The number of hydrogen-bond donors (Lipinski definition) is 0. The van der Waals surface area contributed by atoms with Gasteiger partial charge in [0.25, 0.3) is 0 Å².